The van der Waals surface area contributed by atoms with Gasteiger partial charge in [0.25, 0.3) is 0 Å². The van der Waals surface area contributed by atoms with Crippen LogP contribution in [0.5, 0.6) is 0 Å². The van der Waals surface area contributed by atoms with E-state index in [0.717, 1.165) is 6.07 Å². The molecule has 2 rings (SSSR count). The molecule has 19 heavy (non-hydrogen) atoms. The fourth-order valence-electron chi connectivity index (χ4n) is 1.89. The predicted octanol–water partition coefficient (Wildman–Crippen LogP) is 2.35. The number of hydrogen-bond donors (Lipinski definition) is 0. The summed E-state index contributed by atoms with van der Waals surface area (Å²) in [7, 11) is 1.18. The van der Waals surface area contributed by atoms with Crippen molar-refractivity contribution in [1.29, 1.82) is 0 Å². The summed E-state index contributed by atoms with van der Waals surface area (Å²) in [5, 5.41) is 0. The monoisotopic (exact) mass is 267 g/mol. The Balaban J connectivity index is 2.25. The fourth-order valence-corrected chi connectivity index (χ4v) is 1.89. The van der Waals surface area contributed by atoms with Crippen LogP contribution in [0.4, 0.5) is 14.9 Å². The maximum atomic E-state index is 13.8. The Labute approximate surface area is 109 Å². The number of rotatable bonds is 3. The molecule has 0 bridgehead atoms. The molecule has 1 aromatic rings. The third-order valence-electron chi connectivity index (χ3n) is 3.00. The lowest BCUT2D eigenvalue weighted by atomic mass is 10.1. The van der Waals surface area contributed by atoms with Crippen molar-refractivity contribution in [2.45, 2.75) is 19.4 Å². The first-order valence-electron chi connectivity index (χ1n) is 5.92. The van der Waals surface area contributed by atoms with Crippen molar-refractivity contribution >= 4 is 17.7 Å². The first kappa shape index (κ1) is 13.3. The SMILES string of the molecule is CCC1CN(c2ccc(C(=O)OC)c(F)c2)C(=O)O1. The summed E-state index contributed by atoms with van der Waals surface area (Å²) in [4.78, 5) is 24.2. The average Bonchev–Trinajstić information content (AvgIpc) is 2.79. The number of nitrogens with zero attached hydrogens (tertiary/aromatic N) is 1. The number of amides is 1. The van der Waals surface area contributed by atoms with Crippen LogP contribution in [0.1, 0.15) is 23.7 Å². The van der Waals surface area contributed by atoms with Gasteiger partial charge in [-0.2, -0.15) is 0 Å². The molecule has 1 saturated heterocycles. The van der Waals surface area contributed by atoms with Crippen LogP contribution in [0.15, 0.2) is 18.2 Å². The molecule has 5 nitrogen and oxygen atoms in total. The second kappa shape index (κ2) is 5.26. The lowest BCUT2D eigenvalue weighted by Crippen LogP contribution is -2.24. The molecule has 1 aliphatic rings. The molecule has 0 saturated carbocycles. The first-order chi connectivity index (χ1) is 9.06. The summed E-state index contributed by atoms with van der Waals surface area (Å²) in [5.74, 6) is -1.48. The highest BCUT2D eigenvalue weighted by molar-refractivity contribution is 5.93. The standard InChI is InChI=1S/C13H14FNO4/c1-3-9-7-15(13(17)19-9)8-4-5-10(11(14)6-8)12(16)18-2/h4-6,9H,3,7H2,1-2H3. The Morgan fingerprint density at radius 1 is 1.58 bits per heavy atom. The van der Waals surface area contributed by atoms with Crippen LogP contribution in [0.3, 0.4) is 0 Å². The van der Waals surface area contributed by atoms with Crippen LogP contribution >= 0.6 is 0 Å². The quantitative estimate of drug-likeness (QED) is 0.789. The summed E-state index contributed by atoms with van der Waals surface area (Å²) in [6.45, 7) is 2.29. The Morgan fingerprint density at radius 3 is 2.84 bits per heavy atom. The fraction of sp³-hybridized carbons (Fsp3) is 0.385. The van der Waals surface area contributed by atoms with Crippen molar-refractivity contribution in [2.75, 3.05) is 18.6 Å². The van der Waals surface area contributed by atoms with Gasteiger partial charge in [0.1, 0.15) is 11.9 Å². The number of halogens is 1. The summed E-state index contributed by atoms with van der Waals surface area (Å²) < 4.78 is 23.3. The van der Waals surface area contributed by atoms with Crippen LogP contribution < -0.4 is 4.90 Å². The van der Waals surface area contributed by atoms with Crippen molar-refractivity contribution in [2.24, 2.45) is 0 Å². The molecule has 0 radical (unpaired) electrons. The maximum Gasteiger partial charge on any atom is 0.414 e. The van der Waals surface area contributed by atoms with Gasteiger partial charge in [0.15, 0.2) is 0 Å². The largest absolute Gasteiger partial charge is 0.465 e. The zero-order chi connectivity index (χ0) is 14.0. The van der Waals surface area contributed by atoms with E-state index in [2.05, 4.69) is 4.74 Å². The number of methoxy groups -OCH3 is 1. The van der Waals surface area contributed by atoms with E-state index >= 15 is 0 Å². The van der Waals surface area contributed by atoms with E-state index in [-0.39, 0.29) is 11.7 Å². The minimum atomic E-state index is -0.750. The number of carbonyl (C=O) groups excluding carboxylic acids is 2. The highest BCUT2D eigenvalue weighted by atomic mass is 19.1. The molecule has 1 unspecified atom stereocenters. The lowest BCUT2D eigenvalue weighted by molar-refractivity contribution is 0.0595. The Morgan fingerprint density at radius 2 is 2.32 bits per heavy atom. The van der Waals surface area contributed by atoms with Gasteiger partial charge in [0, 0.05) is 0 Å². The molecular formula is C13H14FNO4. The van der Waals surface area contributed by atoms with Crippen molar-refractivity contribution in [3.05, 3.63) is 29.6 Å². The molecule has 1 aliphatic heterocycles. The van der Waals surface area contributed by atoms with Gasteiger partial charge >= 0.3 is 12.1 Å². The highest BCUT2D eigenvalue weighted by Crippen LogP contribution is 2.25. The van der Waals surface area contributed by atoms with Crippen LogP contribution in [-0.4, -0.2) is 31.8 Å². The molecule has 6 heteroatoms. The smallest absolute Gasteiger partial charge is 0.414 e. The normalized spacial score (nSPS) is 18.4. The van der Waals surface area contributed by atoms with Crippen LogP contribution in [0.25, 0.3) is 0 Å². The van der Waals surface area contributed by atoms with Crippen molar-refractivity contribution in [3.8, 4) is 0 Å². The Bertz CT molecular complexity index is 517. The highest BCUT2D eigenvalue weighted by Gasteiger charge is 2.31. The summed E-state index contributed by atoms with van der Waals surface area (Å²) in [6, 6.07) is 3.92. The molecule has 1 heterocycles. The molecule has 0 aliphatic carbocycles. The molecule has 0 aromatic heterocycles. The van der Waals surface area contributed by atoms with Crippen molar-refractivity contribution in [1.82, 2.24) is 0 Å². The van der Waals surface area contributed by atoms with E-state index in [1.807, 2.05) is 6.92 Å². The predicted molar refractivity (Wildman–Crippen MR) is 65.6 cm³/mol. The third-order valence-corrected chi connectivity index (χ3v) is 3.00. The average molecular weight is 267 g/mol. The van der Waals surface area contributed by atoms with E-state index in [0.29, 0.717) is 18.7 Å². The molecule has 1 fully saturated rings. The molecule has 1 amide bonds. The zero-order valence-corrected chi connectivity index (χ0v) is 10.7. The van der Waals surface area contributed by atoms with Crippen molar-refractivity contribution < 1.29 is 23.5 Å². The zero-order valence-electron chi connectivity index (χ0n) is 10.7. The lowest BCUT2D eigenvalue weighted by Gasteiger charge is -2.13. The topological polar surface area (TPSA) is 55.8 Å². The number of carbonyl (C=O) groups is 2. The molecule has 1 aromatic carbocycles. The van der Waals surface area contributed by atoms with Crippen LogP contribution in [0, 0.1) is 5.82 Å². The molecule has 0 N–H and O–H groups in total. The summed E-state index contributed by atoms with van der Waals surface area (Å²) in [6.07, 6.45) is 0.0123. The minimum Gasteiger partial charge on any atom is -0.465 e. The summed E-state index contributed by atoms with van der Waals surface area (Å²) >= 11 is 0. The maximum absolute atomic E-state index is 13.8. The van der Waals surface area contributed by atoms with Crippen LogP contribution in [0.2, 0.25) is 0 Å². The number of cyclic esters (lactones) is 1. The van der Waals surface area contributed by atoms with Gasteiger partial charge in [-0.25, -0.2) is 14.0 Å². The second-order valence-corrected chi connectivity index (χ2v) is 4.18. The van der Waals surface area contributed by atoms with E-state index in [1.165, 1.54) is 24.1 Å². The number of esters is 1. The van der Waals surface area contributed by atoms with Gasteiger partial charge < -0.3 is 9.47 Å². The minimum absolute atomic E-state index is 0.161. The van der Waals surface area contributed by atoms with Gasteiger partial charge in [0.2, 0.25) is 0 Å². The van der Waals surface area contributed by atoms with E-state index in [9.17, 15) is 14.0 Å². The Kier molecular flexibility index (Phi) is 3.69. The van der Waals surface area contributed by atoms with Gasteiger partial charge in [-0.05, 0) is 24.6 Å². The number of benzene rings is 1. The van der Waals surface area contributed by atoms with Gasteiger partial charge in [-0.3, -0.25) is 4.90 Å². The number of ether oxygens (including phenoxy) is 2. The molecule has 102 valence electrons. The van der Waals surface area contributed by atoms with Crippen LogP contribution in [-0.2, 0) is 9.47 Å². The van der Waals surface area contributed by atoms with Gasteiger partial charge in [-0.15, -0.1) is 0 Å². The summed E-state index contributed by atoms with van der Waals surface area (Å²) in [5.41, 5.74) is 0.206. The van der Waals surface area contributed by atoms with E-state index in [4.69, 9.17) is 4.74 Å². The molecular weight excluding hydrogens is 253 g/mol. The number of anilines is 1. The van der Waals surface area contributed by atoms with Crippen molar-refractivity contribution in [3.63, 3.8) is 0 Å². The molecule has 0 spiro atoms. The Hall–Kier alpha value is -2.11. The van der Waals surface area contributed by atoms with E-state index in [1.54, 1.807) is 0 Å². The second-order valence-electron chi connectivity index (χ2n) is 4.18. The van der Waals surface area contributed by atoms with E-state index < -0.39 is 17.9 Å². The molecule has 1 atom stereocenters. The number of hydrogen-bond acceptors (Lipinski definition) is 4. The van der Waals surface area contributed by atoms with Gasteiger partial charge in [0.05, 0.1) is 24.9 Å². The van der Waals surface area contributed by atoms with Gasteiger partial charge in [-0.1, -0.05) is 6.92 Å². The first-order valence-corrected chi connectivity index (χ1v) is 5.92. The third kappa shape index (κ3) is 2.52.